The van der Waals surface area contributed by atoms with Crippen LogP contribution in [0.4, 0.5) is 8.78 Å². The summed E-state index contributed by atoms with van der Waals surface area (Å²) in [6.07, 6.45) is -0.596. The van der Waals surface area contributed by atoms with Crippen molar-refractivity contribution in [2.24, 2.45) is 0 Å². The third-order valence-corrected chi connectivity index (χ3v) is 1.88. The van der Waals surface area contributed by atoms with Gasteiger partial charge in [-0.05, 0) is 6.07 Å². The molecule has 0 aliphatic carbocycles. The zero-order valence-corrected chi connectivity index (χ0v) is 8.35. The number of nitrogens with zero attached hydrogens (tertiary/aromatic N) is 1. The number of alkyl halides is 2. The van der Waals surface area contributed by atoms with Gasteiger partial charge in [-0.25, -0.2) is 0 Å². The third kappa shape index (κ3) is 3.04. The predicted molar refractivity (Wildman–Crippen MR) is 50.8 cm³/mol. The van der Waals surface area contributed by atoms with E-state index in [-0.39, 0.29) is 11.1 Å². The van der Waals surface area contributed by atoms with Crippen LogP contribution in [0.15, 0.2) is 12.1 Å². The number of hydrogen-bond acceptors (Lipinski definition) is 4. The van der Waals surface area contributed by atoms with Crippen molar-refractivity contribution in [2.75, 3.05) is 0 Å². The van der Waals surface area contributed by atoms with Crippen LogP contribution in [-0.2, 0) is 11.2 Å². The van der Waals surface area contributed by atoms with Gasteiger partial charge in [0.15, 0.2) is 11.5 Å². The molecule has 0 spiro atoms. The molecule has 0 bridgehead atoms. The number of carbonyl (C=O) groups is 1. The van der Waals surface area contributed by atoms with Crippen molar-refractivity contribution in [3.63, 3.8) is 0 Å². The molecule has 0 unspecified atom stereocenters. The molecule has 0 atom stereocenters. The first-order valence-corrected chi connectivity index (χ1v) is 4.37. The molecule has 1 aromatic carbocycles. The number of ether oxygens (including phenoxy) is 1. The molecule has 0 heterocycles. The minimum absolute atomic E-state index is 0.130. The van der Waals surface area contributed by atoms with Gasteiger partial charge >= 0.3 is 12.6 Å². The average molecular weight is 243 g/mol. The van der Waals surface area contributed by atoms with Gasteiger partial charge in [-0.1, -0.05) is 6.07 Å². The van der Waals surface area contributed by atoms with Crippen LogP contribution in [0.1, 0.15) is 11.1 Å². The summed E-state index contributed by atoms with van der Waals surface area (Å²) in [6, 6.07) is 3.84. The molecule has 1 aromatic rings. The largest absolute Gasteiger partial charge is 0.503 e. The fourth-order valence-electron chi connectivity index (χ4n) is 1.23. The molecule has 0 aliphatic heterocycles. The molecule has 0 saturated heterocycles. The van der Waals surface area contributed by atoms with Crippen LogP contribution in [0.2, 0.25) is 0 Å². The van der Waals surface area contributed by atoms with E-state index in [1.807, 2.05) is 0 Å². The van der Waals surface area contributed by atoms with Crippen molar-refractivity contribution >= 4 is 5.97 Å². The Bertz CT molecular complexity index is 482. The third-order valence-electron chi connectivity index (χ3n) is 1.88. The number of carboxylic acids is 1. The summed E-state index contributed by atoms with van der Waals surface area (Å²) in [5, 5.41) is 26.6. The summed E-state index contributed by atoms with van der Waals surface area (Å²) in [5.74, 6) is -2.73. The standard InChI is InChI=1S/C10H7F2NO4/c11-10(12)17-9-5(3-7(14)15)1-2-6(4-13)8(9)16/h1-2,10,16H,3H2,(H,14,15). The van der Waals surface area contributed by atoms with Crippen LogP contribution >= 0.6 is 0 Å². The topological polar surface area (TPSA) is 90.6 Å². The minimum Gasteiger partial charge on any atom is -0.503 e. The predicted octanol–water partition coefficient (Wildman–Crippen LogP) is 1.49. The van der Waals surface area contributed by atoms with Crippen LogP contribution in [0.3, 0.4) is 0 Å². The molecule has 5 nitrogen and oxygen atoms in total. The molecule has 17 heavy (non-hydrogen) atoms. The molecule has 0 saturated carbocycles. The van der Waals surface area contributed by atoms with E-state index in [0.29, 0.717) is 0 Å². The van der Waals surface area contributed by atoms with E-state index in [0.717, 1.165) is 12.1 Å². The highest BCUT2D eigenvalue weighted by Gasteiger charge is 2.19. The highest BCUT2D eigenvalue weighted by molar-refractivity contribution is 5.72. The molecule has 90 valence electrons. The van der Waals surface area contributed by atoms with Crippen molar-refractivity contribution < 1.29 is 28.5 Å². The minimum atomic E-state index is -3.22. The zero-order valence-electron chi connectivity index (χ0n) is 8.35. The molecule has 0 fully saturated rings. The van der Waals surface area contributed by atoms with Gasteiger partial charge in [0, 0.05) is 5.56 Å². The Labute approximate surface area is 94.5 Å². The van der Waals surface area contributed by atoms with Gasteiger partial charge in [0.25, 0.3) is 0 Å². The number of aromatic hydroxyl groups is 1. The van der Waals surface area contributed by atoms with Crippen LogP contribution < -0.4 is 4.74 Å². The zero-order chi connectivity index (χ0) is 13.0. The van der Waals surface area contributed by atoms with Crippen LogP contribution in [-0.4, -0.2) is 22.8 Å². The van der Waals surface area contributed by atoms with Gasteiger partial charge in [-0.3, -0.25) is 4.79 Å². The summed E-state index contributed by atoms with van der Waals surface area (Å²) >= 11 is 0. The van der Waals surface area contributed by atoms with Crippen LogP contribution in [0, 0.1) is 11.3 Å². The quantitative estimate of drug-likeness (QED) is 0.836. The van der Waals surface area contributed by atoms with Crippen molar-refractivity contribution in [3.05, 3.63) is 23.3 Å². The van der Waals surface area contributed by atoms with E-state index in [1.54, 1.807) is 6.07 Å². The highest BCUT2D eigenvalue weighted by Crippen LogP contribution is 2.35. The van der Waals surface area contributed by atoms with Crippen molar-refractivity contribution in [1.82, 2.24) is 0 Å². The number of carboxylic acid groups (broad SMARTS) is 1. The van der Waals surface area contributed by atoms with Gasteiger partial charge in [0.05, 0.1) is 12.0 Å². The smallest absolute Gasteiger partial charge is 0.387 e. The Kier molecular flexibility index (Phi) is 3.82. The van der Waals surface area contributed by atoms with E-state index in [2.05, 4.69) is 4.74 Å². The molecular formula is C10H7F2NO4. The van der Waals surface area contributed by atoms with Gasteiger partial charge in [-0.15, -0.1) is 0 Å². The number of nitriles is 1. The Morgan fingerprint density at radius 1 is 1.53 bits per heavy atom. The molecular weight excluding hydrogens is 236 g/mol. The Morgan fingerprint density at radius 2 is 2.18 bits per heavy atom. The molecule has 1 rings (SSSR count). The fourth-order valence-corrected chi connectivity index (χ4v) is 1.23. The molecule has 2 N–H and O–H groups in total. The molecule has 0 amide bonds. The second kappa shape index (κ2) is 5.12. The summed E-state index contributed by atoms with van der Waals surface area (Å²) in [7, 11) is 0. The number of phenols is 1. The molecule has 0 aromatic heterocycles. The Hall–Kier alpha value is -2.36. The maximum absolute atomic E-state index is 12.1. The van der Waals surface area contributed by atoms with E-state index in [9.17, 15) is 18.7 Å². The number of halogens is 2. The van der Waals surface area contributed by atoms with Crippen molar-refractivity contribution in [3.8, 4) is 17.6 Å². The van der Waals surface area contributed by atoms with Crippen LogP contribution in [0.25, 0.3) is 0 Å². The lowest BCUT2D eigenvalue weighted by Crippen LogP contribution is -2.08. The number of rotatable bonds is 4. The number of benzene rings is 1. The van der Waals surface area contributed by atoms with Gasteiger partial charge in [0.1, 0.15) is 6.07 Å². The Morgan fingerprint density at radius 3 is 2.65 bits per heavy atom. The Balaban J connectivity index is 3.26. The lowest BCUT2D eigenvalue weighted by atomic mass is 10.1. The summed E-state index contributed by atoms with van der Waals surface area (Å²) in [6.45, 7) is -3.22. The monoisotopic (exact) mass is 243 g/mol. The lowest BCUT2D eigenvalue weighted by Gasteiger charge is -2.11. The van der Waals surface area contributed by atoms with Gasteiger partial charge < -0.3 is 14.9 Å². The average Bonchev–Trinajstić information content (AvgIpc) is 2.22. The van der Waals surface area contributed by atoms with E-state index >= 15 is 0 Å². The molecule has 0 radical (unpaired) electrons. The van der Waals surface area contributed by atoms with Gasteiger partial charge in [0.2, 0.25) is 0 Å². The van der Waals surface area contributed by atoms with E-state index < -0.39 is 30.5 Å². The van der Waals surface area contributed by atoms with Gasteiger partial charge in [-0.2, -0.15) is 14.0 Å². The fraction of sp³-hybridized carbons (Fsp3) is 0.200. The highest BCUT2D eigenvalue weighted by atomic mass is 19.3. The maximum Gasteiger partial charge on any atom is 0.387 e. The number of hydrogen-bond donors (Lipinski definition) is 2. The number of aliphatic carboxylic acids is 1. The van der Waals surface area contributed by atoms with E-state index in [4.69, 9.17) is 10.4 Å². The number of phenolic OH excluding ortho intramolecular Hbond substituents is 1. The second-order valence-corrected chi connectivity index (χ2v) is 3.01. The first-order chi connectivity index (χ1) is 7.95. The summed E-state index contributed by atoms with van der Waals surface area (Å²) in [5.41, 5.74) is -0.399. The summed E-state index contributed by atoms with van der Waals surface area (Å²) in [4.78, 5) is 10.5. The first-order valence-electron chi connectivity index (χ1n) is 4.37. The maximum atomic E-state index is 12.1. The first kappa shape index (κ1) is 12.7. The van der Waals surface area contributed by atoms with E-state index in [1.165, 1.54) is 0 Å². The summed E-state index contributed by atoms with van der Waals surface area (Å²) < 4.78 is 28.2. The van der Waals surface area contributed by atoms with Crippen molar-refractivity contribution in [1.29, 1.82) is 5.26 Å². The van der Waals surface area contributed by atoms with Crippen LogP contribution in [0.5, 0.6) is 11.5 Å². The second-order valence-electron chi connectivity index (χ2n) is 3.01. The molecule has 7 heteroatoms. The SMILES string of the molecule is N#Cc1ccc(CC(=O)O)c(OC(F)F)c1O. The molecule has 0 aliphatic rings. The lowest BCUT2D eigenvalue weighted by molar-refractivity contribution is -0.136. The van der Waals surface area contributed by atoms with Crippen molar-refractivity contribution in [2.45, 2.75) is 13.0 Å². The normalized spacial score (nSPS) is 10.0.